The monoisotopic (exact) mass is 410 g/mol. The summed E-state index contributed by atoms with van der Waals surface area (Å²) in [6.07, 6.45) is 2.10. The minimum absolute atomic E-state index is 0.00260. The molecule has 0 aliphatic carbocycles. The minimum Gasteiger partial charge on any atom is -0.487 e. The number of rotatable bonds is 6. The van der Waals surface area contributed by atoms with E-state index in [4.69, 9.17) is 16.3 Å². The highest BCUT2D eigenvalue weighted by molar-refractivity contribution is 6.30. The Kier molecular flexibility index (Phi) is 5.93. The summed E-state index contributed by atoms with van der Waals surface area (Å²) in [5, 5.41) is 5.08. The molecular weight excluding hydrogens is 384 g/mol. The number of piperidine rings is 1. The van der Waals surface area contributed by atoms with Crippen LogP contribution in [-0.4, -0.2) is 23.4 Å². The fourth-order valence-electron chi connectivity index (χ4n) is 4.36. The highest BCUT2D eigenvalue weighted by Gasteiger charge is 2.30. The minimum atomic E-state index is -0.00260. The van der Waals surface area contributed by atoms with E-state index in [-0.39, 0.29) is 11.7 Å². The van der Waals surface area contributed by atoms with E-state index in [9.17, 15) is 4.79 Å². The summed E-state index contributed by atoms with van der Waals surface area (Å²) in [4.78, 5) is 13.6. The van der Waals surface area contributed by atoms with E-state index < -0.39 is 0 Å². The summed E-state index contributed by atoms with van der Waals surface area (Å²) in [6.45, 7) is 4.41. The molecule has 3 aromatic rings. The number of ether oxygens (including phenoxy) is 1. The Hall–Kier alpha value is -2.30. The lowest BCUT2D eigenvalue weighted by Crippen LogP contribution is -2.33. The topological polar surface area (TPSA) is 43.3 Å². The van der Waals surface area contributed by atoms with Gasteiger partial charge in [-0.2, -0.15) is 0 Å². The molecule has 29 heavy (non-hydrogen) atoms. The van der Waals surface area contributed by atoms with Crippen molar-refractivity contribution >= 4 is 28.3 Å². The average molecular weight is 411 g/mol. The van der Waals surface area contributed by atoms with Gasteiger partial charge in [0.25, 0.3) is 0 Å². The third-order valence-electron chi connectivity index (χ3n) is 6.17. The molecule has 0 saturated carbocycles. The van der Waals surface area contributed by atoms with Gasteiger partial charge in [-0.25, -0.2) is 0 Å². The van der Waals surface area contributed by atoms with Crippen molar-refractivity contribution < 1.29 is 9.53 Å². The van der Waals surface area contributed by atoms with Crippen molar-refractivity contribution in [1.82, 2.24) is 9.88 Å². The molecule has 1 N–H and O–H groups in total. The summed E-state index contributed by atoms with van der Waals surface area (Å²) in [6, 6.07) is 15.4. The summed E-state index contributed by atoms with van der Waals surface area (Å²) in [5.41, 5.74) is 2.79. The number of benzene rings is 2. The van der Waals surface area contributed by atoms with Gasteiger partial charge in [0.2, 0.25) is 0 Å². The second-order valence-corrected chi connectivity index (χ2v) is 8.32. The molecule has 4 rings (SSSR count). The van der Waals surface area contributed by atoms with Crippen LogP contribution in [0.5, 0.6) is 5.75 Å². The SMILES string of the molecule is CC(C(=O)c1c(COc2ccc(Cl)cc2)n(C)c2ccccc12)C1CCNCC1. The largest absolute Gasteiger partial charge is 0.487 e. The molecular formula is C24H27ClN2O2. The fraction of sp³-hybridized carbons (Fsp3) is 0.375. The number of carbonyl (C=O) groups excluding carboxylic acids is 1. The van der Waals surface area contributed by atoms with Crippen LogP contribution >= 0.6 is 11.6 Å². The van der Waals surface area contributed by atoms with Crippen molar-refractivity contribution in [3.8, 4) is 5.75 Å². The number of para-hydroxylation sites is 1. The predicted octanol–water partition coefficient (Wildman–Crippen LogP) is 5.23. The number of carbonyl (C=O) groups is 1. The molecule has 1 aliphatic heterocycles. The second-order valence-electron chi connectivity index (χ2n) is 7.88. The molecule has 1 saturated heterocycles. The van der Waals surface area contributed by atoms with Crippen molar-refractivity contribution in [2.75, 3.05) is 13.1 Å². The molecule has 1 aliphatic rings. The number of halogens is 1. The Labute approximate surface area is 176 Å². The van der Waals surface area contributed by atoms with Gasteiger partial charge >= 0.3 is 0 Å². The first-order chi connectivity index (χ1) is 14.1. The van der Waals surface area contributed by atoms with Crippen LogP contribution in [0.4, 0.5) is 0 Å². The molecule has 2 heterocycles. The molecule has 0 radical (unpaired) electrons. The molecule has 1 fully saturated rings. The number of hydrogen-bond acceptors (Lipinski definition) is 3. The number of Topliss-reactive ketones (excluding diaryl/α,β-unsaturated/α-hetero) is 1. The number of ketones is 1. The van der Waals surface area contributed by atoms with Crippen LogP contribution in [0.2, 0.25) is 5.02 Å². The average Bonchev–Trinajstić information content (AvgIpc) is 3.05. The molecule has 2 aromatic carbocycles. The lowest BCUT2D eigenvalue weighted by atomic mass is 9.81. The summed E-state index contributed by atoms with van der Waals surface area (Å²) >= 11 is 5.97. The lowest BCUT2D eigenvalue weighted by Gasteiger charge is -2.27. The normalized spacial score (nSPS) is 16.1. The first kappa shape index (κ1) is 20.0. The maximum absolute atomic E-state index is 13.6. The van der Waals surface area contributed by atoms with E-state index >= 15 is 0 Å². The Morgan fingerprint density at radius 3 is 2.59 bits per heavy atom. The van der Waals surface area contributed by atoms with Gasteiger partial charge in [-0.15, -0.1) is 0 Å². The highest BCUT2D eigenvalue weighted by Crippen LogP contribution is 2.32. The molecule has 0 spiro atoms. The Morgan fingerprint density at radius 2 is 1.86 bits per heavy atom. The van der Waals surface area contributed by atoms with Crippen LogP contribution in [0.3, 0.4) is 0 Å². The van der Waals surface area contributed by atoms with E-state index in [0.29, 0.717) is 17.5 Å². The second kappa shape index (κ2) is 8.60. The van der Waals surface area contributed by atoms with E-state index in [2.05, 4.69) is 22.9 Å². The van der Waals surface area contributed by atoms with Gasteiger partial charge in [-0.1, -0.05) is 36.7 Å². The highest BCUT2D eigenvalue weighted by atomic mass is 35.5. The zero-order valence-electron chi connectivity index (χ0n) is 17.0. The van der Waals surface area contributed by atoms with Crippen LogP contribution in [0, 0.1) is 11.8 Å². The van der Waals surface area contributed by atoms with Gasteiger partial charge < -0.3 is 14.6 Å². The number of aromatic nitrogens is 1. The maximum Gasteiger partial charge on any atom is 0.168 e. The molecule has 5 heteroatoms. The van der Waals surface area contributed by atoms with Gasteiger partial charge in [0.15, 0.2) is 5.78 Å². The quantitative estimate of drug-likeness (QED) is 0.566. The molecule has 4 nitrogen and oxygen atoms in total. The Morgan fingerprint density at radius 1 is 1.17 bits per heavy atom. The summed E-state index contributed by atoms with van der Waals surface area (Å²) in [7, 11) is 2.01. The van der Waals surface area contributed by atoms with Crippen LogP contribution in [0.15, 0.2) is 48.5 Å². The molecule has 1 atom stereocenters. The third kappa shape index (κ3) is 4.05. The molecule has 1 aromatic heterocycles. The van der Waals surface area contributed by atoms with Gasteiger partial charge in [0, 0.05) is 28.9 Å². The maximum atomic E-state index is 13.6. The standard InChI is InChI=1S/C24H27ClN2O2/c1-16(17-11-13-26-14-12-17)24(28)23-20-5-3-4-6-21(20)27(2)22(23)15-29-19-9-7-18(25)8-10-19/h3-10,16-17,26H,11-15H2,1-2H3. The van der Waals surface area contributed by atoms with Gasteiger partial charge in [0.1, 0.15) is 12.4 Å². The van der Waals surface area contributed by atoms with E-state index in [1.54, 1.807) is 0 Å². The molecule has 0 bridgehead atoms. The summed E-state index contributed by atoms with van der Waals surface area (Å²) in [5.74, 6) is 1.39. The van der Waals surface area contributed by atoms with Crippen LogP contribution in [0.1, 0.15) is 35.8 Å². The van der Waals surface area contributed by atoms with Crippen LogP contribution in [-0.2, 0) is 13.7 Å². The predicted molar refractivity (Wildman–Crippen MR) is 118 cm³/mol. The van der Waals surface area contributed by atoms with Crippen molar-refractivity contribution in [2.24, 2.45) is 18.9 Å². The number of hydrogen-bond donors (Lipinski definition) is 1. The van der Waals surface area contributed by atoms with Crippen LogP contribution < -0.4 is 10.1 Å². The van der Waals surface area contributed by atoms with Crippen LogP contribution in [0.25, 0.3) is 10.9 Å². The van der Waals surface area contributed by atoms with Crippen molar-refractivity contribution in [3.05, 3.63) is 64.8 Å². The van der Waals surface area contributed by atoms with E-state index in [0.717, 1.165) is 53.8 Å². The first-order valence-electron chi connectivity index (χ1n) is 10.3. The Balaban J connectivity index is 1.68. The smallest absolute Gasteiger partial charge is 0.168 e. The fourth-order valence-corrected chi connectivity index (χ4v) is 4.48. The lowest BCUT2D eigenvalue weighted by molar-refractivity contribution is 0.0867. The first-order valence-corrected chi connectivity index (χ1v) is 10.6. The van der Waals surface area contributed by atoms with Gasteiger partial charge in [-0.05, 0) is 62.2 Å². The number of nitrogens with zero attached hydrogens (tertiary/aromatic N) is 1. The zero-order chi connectivity index (χ0) is 20.4. The Bertz CT molecular complexity index is 1000. The summed E-state index contributed by atoms with van der Waals surface area (Å²) < 4.78 is 8.12. The van der Waals surface area contributed by atoms with Crippen molar-refractivity contribution in [3.63, 3.8) is 0 Å². The zero-order valence-corrected chi connectivity index (χ0v) is 17.7. The van der Waals surface area contributed by atoms with E-state index in [1.165, 1.54) is 0 Å². The van der Waals surface area contributed by atoms with Crippen molar-refractivity contribution in [1.29, 1.82) is 0 Å². The van der Waals surface area contributed by atoms with Crippen molar-refractivity contribution in [2.45, 2.75) is 26.4 Å². The third-order valence-corrected chi connectivity index (χ3v) is 6.42. The molecule has 1 unspecified atom stereocenters. The van der Waals surface area contributed by atoms with E-state index in [1.807, 2.05) is 49.5 Å². The molecule has 0 amide bonds. The van der Waals surface area contributed by atoms with Gasteiger partial charge in [0.05, 0.1) is 11.3 Å². The number of fused-ring (bicyclic) bond motifs is 1. The number of nitrogens with one attached hydrogen (secondary N) is 1. The number of aryl methyl sites for hydroxylation is 1. The van der Waals surface area contributed by atoms with Gasteiger partial charge in [-0.3, -0.25) is 4.79 Å². The molecule has 152 valence electrons.